The average molecular weight is 555 g/mol. The third kappa shape index (κ3) is 4.70. The van der Waals surface area contributed by atoms with Crippen LogP contribution in [-0.2, 0) is 0 Å². The van der Waals surface area contributed by atoms with E-state index in [1.807, 2.05) is 18.5 Å². The first-order valence-electron chi connectivity index (χ1n) is 14.9. The first-order chi connectivity index (χ1) is 20.9. The average Bonchev–Trinajstić information content (AvgIpc) is 3.02. The number of aromatic nitrogens is 2. The van der Waals surface area contributed by atoms with Gasteiger partial charge in [0.1, 0.15) is 0 Å². The lowest BCUT2D eigenvalue weighted by molar-refractivity contribution is 1.22. The standard InChI is InChI=1S/C41H34N2/c1-25-20-38(43-24-28(25)4)32-13-9-14-33(21-32)40-26(2)19-27(3)41(29(40)5)37-23-39-35(15-10-18-42-39)34-17-16-31(22-36(34)37)30-11-7-6-8-12-30/h6-24H,1-5H3. The number of nitrogens with zero attached hydrogens (tertiary/aromatic N) is 2. The Hall–Kier alpha value is -5.08. The lowest BCUT2D eigenvalue weighted by Crippen LogP contribution is -1.98. The zero-order chi connectivity index (χ0) is 29.7. The summed E-state index contributed by atoms with van der Waals surface area (Å²) < 4.78 is 0. The van der Waals surface area contributed by atoms with Crippen LogP contribution in [-0.4, -0.2) is 9.97 Å². The molecule has 2 heterocycles. The van der Waals surface area contributed by atoms with Crippen LogP contribution in [0, 0.1) is 34.6 Å². The van der Waals surface area contributed by atoms with Crippen LogP contribution in [0.15, 0.2) is 116 Å². The predicted octanol–water partition coefficient (Wildman–Crippen LogP) is 11.0. The number of fused-ring (bicyclic) bond motifs is 3. The van der Waals surface area contributed by atoms with Gasteiger partial charge in [-0.05, 0) is 137 Å². The summed E-state index contributed by atoms with van der Waals surface area (Å²) in [5.74, 6) is 0. The lowest BCUT2D eigenvalue weighted by atomic mass is 9.83. The van der Waals surface area contributed by atoms with Gasteiger partial charge in [-0.2, -0.15) is 0 Å². The minimum Gasteiger partial charge on any atom is -0.256 e. The van der Waals surface area contributed by atoms with Crippen molar-refractivity contribution in [3.8, 4) is 44.6 Å². The molecule has 5 aromatic carbocycles. The van der Waals surface area contributed by atoms with Crippen LogP contribution in [0.2, 0.25) is 0 Å². The fourth-order valence-corrected chi connectivity index (χ4v) is 6.65. The minimum absolute atomic E-state index is 1.01. The van der Waals surface area contributed by atoms with Crippen molar-refractivity contribution in [3.63, 3.8) is 0 Å². The topological polar surface area (TPSA) is 25.8 Å². The van der Waals surface area contributed by atoms with E-state index in [9.17, 15) is 0 Å². The van der Waals surface area contributed by atoms with E-state index in [-0.39, 0.29) is 0 Å². The monoisotopic (exact) mass is 554 g/mol. The van der Waals surface area contributed by atoms with Crippen molar-refractivity contribution in [2.24, 2.45) is 0 Å². The number of hydrogen-bond donors (Lipinski definition) is 0. The summed E-state index contributed by atoms with van der Waals surface area (Å²) in [5, 5.41) is 3.65. The van der Waals surface area contributed by atoms with Crippen LogP contribution in [0.4, 0.5) is 0 Å². The fraction of sp³-hybridized carbons (Fsp3) is 0.122. The van der Waals surface area contributed by atoms with Crippen LogP contribution >= 0.6 is 0 Å². The molecule has 2 nitrogen and oxygen atoms in total. The van der Waals surface area contributed by atoms with Crippen LogP contribution < -0.4 is 0 Å². The predicted molar refractivity (Wildman–Crippen MR) is 182 cm³/mol. The molecule has 0 aliphatic carbocycles. The Morgan fingerprint density at radius 3 is 2.02 bits per heavy atom. The largest absolute Gasteiger partial charge is 0.256 e. The molecule has 0 bridgehead atoms. The first kappa shape index (κ1) is 26.8. The molecular formula is C41H34N2. The Morgan fingerprint density at radius 1 is 0.442 bits per heavy atom. The van der Waals surface area contributed by atoms with E-state index in [1.165, 1.54) is 77.4 Å². The van der Waals surface area contributed by atoms with Gasteiger partial charge in [-0.1, -0.05) is 72.8 Å². The molecule has 0 saturated heterocycles. The van der Waals surface area contributed by atoms with Crippen LogP contribution in [0.1, 0.15) is 27.8 Å². The van der Waals surface area contributed by atoms with Gasteiger partial charge in [0.05, 0.1) is 11.2 Å². The van der Waals surface area contributed by atoms with Gasteiger partial charge >= 0.3 is 0 Å². The van der Waals surface area contributed by atoms with Crippen molar-refractivity contribution >= 4 is 21.7 Å². The molecule has 0 amide bonds. The van der Waals surface area contributed by atoms with E-state index in [0.29, 0.717) is 0 Å². The van der Waals surface area contributed by atoms with Gasteiger partial charge in [0.25, 0.3) is 0 Å². The molecule has 0 radical (unpaired) electrons. The summed E-state index contributed by atoms with van der Waals surface area (Å²) in [6.45, 7) is 11.0. The molecular weight excluding hydrogens is 520 g/mol. The molecule has 7 rings (SSSR count). The van der Waals surface area contributed by atoms with E-state index in [2.05, 4.69) is 132 Å². The summed E-state index contributed by atoms with van der Waals surface area (Å²) in [6, 6.07) is 37.4. The SMILES string of the molecule is Cc1cnc(-c2cccc(-c3c(C)cc(C)c(-c4cc5ncccc5c5ccc(-c6ccccc6)cc45)c3C)c2)cc1C. The Kier molecular flexibility index (Phi) is 6.63. The van der Waals surface area contributed by atoms with E-state index >= 15 is 0 Å². The normalized spacial score (nSPS) is 11.4. The van der Waals surface area contributed by atoms with Gasteiger partial charge in [0.2, 0.25) is 0 Å². The zero-order valence-corrected chi connectivity index (χ0v) is 25.4. The quantitative estimate of drug-likeness (QED) is 0.202. The maximum atomic E-state index is 4.81. The fourth-order valence-electron chi connectivity index (χ4n) is 6.65. The van der Waals surface area contributed by atoms with Crippen molar-refractivity contribution in [3.05, 3.63) is 143 Å². The molecule has 0 fully saturated rings. The van der Waals surface area contributed by atoms with Crippen molar-refractivity contribution in [2.75, 3.05) is 0 Å². The number of aryl methyl sites for hydroxylation is 4. The molecule has 2 heteroatoms. The second kappa shape index (κ2) is 10.6. The molecule has 0 aliphatic rings. The molecule has 0 atom stereocenters. The van der Waals surface area contributed by atoms with Crippen LogP contribution in [0.3, 0.4) is 0 Å². The Morgan fingerprint density at radius 2 is 1.21 bits per heavy atom. The maximum absolute atomic E-state index is 4.81. The van der Waals surface area contributed by atoms with Crippen LogP contribution in [0.5, 0.6) is 0 Å². The second-order valence-corrected chi connectivity index (χ2v) is 11.7. The number of pyridine rings is 2. The van der Waals surface area contributed by atoms with Crippen molar-refractivity contribution in [1.82, 2.24) is 9.97 Å². The summed E-state index contributed by atoms with van der Waals surface area (Å²) in [4.78, 5) is 9.56. The minimum atomic E-state index is 1.01. The van der Waals surface area contributed by atoms with Gasteiger partial charge < -0.3 is 0 Å². The van der Waals surface area contributed by atoms with E-state index in [4.69, 9.17) is 9.97 Å². The molecule has 208 valence electrons. The summed E-state index contributed by atoms with van der Waals surface area (Å²) in [6.07, 6.45) is 3.86. The molecule has 0 spiro atoms. The maximum Gasteiger partial charge on any atom is 0.0714 e. The molecule has 0 aliphatic heterocycles. The third-order valence-corrected chi connectivity index (χ3v) is 8.89. The highest BCUT2D eigenvalue weighted by molar-refractivity contribution is 6.14. The zero-order valence-electron chi connectivity index (χ0n) is 25.4. The Balaban J connectivity index is 1.48. The van der Waals surface area contributed by atoms with Crippen LogP contribution in [0.25, 0.3) is 66.3 Å². The van der Waals surface area contributed by atoms with Gasteiger partial charge in [0, 0.05) is 23.3 Å². The van der Waals surface area contributed by atoms with E-state index < -0.39 is 0 Å². The molecule has 43 heavy (non-hydrogen) atoms. The highest BCUT2D eigenvalue weighted by atomic mass is 14.7. The molecule has 0 saturated carbocycles. The molecule has 0 unspecified atom stereocenters. The number of benzene rings is 5. The number of hydrogen-bond acceptors (Lipinski definition) is 2. The number of rotatable bonds is 4. The lowest BCUT2D eigenvalue weighted by Gasteiger charge is -2.21. The molecule has 0 N–H and O–H groups in total. The van der Waals surface area contributed by atoms with Crippen molar-refractivity contribution < 1.29 is 0 Å². The molecule has 2 aromatic heterocycles. The Labute approximate surface area is 253 Å². The molecule has 7 aromatic rings. The van der Waals surface area contributed by atoms with E-state index in [0.717, 1.165) is 16.8 Å². The second-order valence-electron chi connectivity index (χ2n) is 11.7. The van der Waals surface area contributed by atoms with Gasteiger partial charge in [-0.25, -0.2) is 0 Å². The smallest absolute Gasteiger partial charge is 0.0714 e. The first-order valence-corrected chi connectivity index (χ1v) is 14.9. The summed E-state index contributed by atoms with van der Waals surface area (Å²) >= 11 is 0. The Bertz CT molecular complexity index is 2170. The van der Waals surface area contributed by atoms with Gasteiger partial charge in [0.15, 0.2) is 0 Å². The van der Waals surface area contributed by atoms with Crippen molar-refractivity contribution in [1.29, 1.82) is 0 Å². The van der Waals surface area contributed by atoms with Crippen molar-refractivity contribution in [2.45, 2.75) is 34.6 Å². The van der Waals surface area contributed by atoms with Gasteiger partial charge in [-0.15, -0.1) is 0 Å². The van der Waals surface area contributed by atoms with Gasteiger partial charge in [-0.3, -0.25) is 9.97 Å². The highest BCUT2D eigenvalue weighted by Crippen LogP contribution is 2.43. The van der Waals surface area contributed by atoms with E-state index in [1.54, 1.807) is 0 Å². The summed E-state index contributed by atoms with van der Waals surface area (Å²) in [7, 11) is 0. The summed E-state index contributed by atoms with van der Waals surface area (Å²) in [5.41, 5.74) is 16.9. The third-order valence-electron chi connectivity index (χ3n) is 8.89. The highest BCUT2D eigenvalue weighted by Gasteiger charge is 2.19.